The van der Waals surface area contributed by atoms with Crippen LogP contribution in [-0.2, 0) is 4.74 Å². The molecular formula is C16H16O4S. The van der Waals surface area contributed by atoms with E-state index in [-0.39, 0.29) is 0 Å². The van der Waals surface area contributed by atoms with E-state index in [0.717, 1.165) is 9.79 Å². The number of benzene rings is 2. The Labute approximate surface area is 128 Å². The molecule has 0 unspecified atom stereocenters. The second kappa shape index (κ2) is 7.04. The Morgan fingerprint density at radius 3 is 2.14 bits per heavy atom. The lowest BCUT2D eigenvalue weighted by Crippen LogP contribution is -2.04. The average molecular weight is 304 g/mol. The van der Waals surface area contributed by atoms with Crippen LogP contribution in [0.3, 0.4) is 0 Å². The van der Waals surface area contributed by atoms with Crippen molar-refractivity contribution in [3.05, 3.63) is 48.0 Å². The van der Waals surface area contributed by atoms with Gasteiger partial charge in [-0.05, 0) is 24.3 Å². The normalized spacial score (nSPS) is 10.0. The standard InChI is InChI=1S/C16H16O4S/c1-18-13-9-12(16(17)20-3)15(10-14(13)19-2)21-11-7-5-4-6-8-11/h4-10H,1-3H3. The van der Waals surface area contributed by atoms with E-state index in [4.69, 9.17) is 14.2 Å². The highest BCUT2D eigenvalue weighted by molar-refractivity contribution is 7.99. The molecule has 2 aromatic rings. The molecule has 0 radical (unpaired) electrons. The van der Waals surface area contributed by atoms with Gasteiger partial charge in [0, 0.05) is 9.79 Å². The molecule has 0 amide bonds. The molecule has 0 bridgehead atoms. The van der Waals surface area contributed by atoms with Gasteiger partial charge in [-0.3, -0.25) is 0 Å². The van der Waals surface area contributed by atoms with Gasteiger partial charge in [0.1, 0.15) is 0 Å². The van der Waals surface area contributed by atoms with Crippen LogP contribution in [0.4, 0.5) is 0 Å². The van der Waals surface area contributed by atoms with Crippen molar-refractivity contribution in [3.63, 3.8) is 0 Å². The summed E-state index contributed by atoms with van der Waals surface area (Å²) in [6.07, 6.45) is 0. The molecule has 2 rings (SSSR count). The summed E-state index contributed by atoms with van der Waals surface area (Å²) in [6, 6.07) is 13.2. The van der Waals surface area contributed by atoms with Crippen molar-refractivity contribution in [1.82, 2.24) is 0 Å². The highest BCUT2D eigenvalue weighted by Crippen LogP contribution is 2.38. The summed E-state index contributed by atoms with van der Waals surface area (Å²) in [7, 11) is 4.45. The summed E-state index contributed by atoms with van der Waals surface area (Å²) < 4.78 is 15.4. The highest BCUT2D eigenvalue weighted by atomic mass is 32.2. The van der Waals surface area contributed by atoms with Gasteiger partial charge in [-0.2, -0.15) is 0 Å². The Hall–Kier alpha value is -2.14. The lowest BCUT2D eigenvalue weighted by molar-refractivity contribution is 0.0596. The van der Waals surface area contributed by atoms with Crippen molar-refractivity contribution in [2.24, 2.45) is 0 Å². The third-order valence-electron chi connectivity index (χ3n) is 2.86. The molecule has 0 N–H and O–H groups in total. The summed E-state index contributed by atoms with van der Waals surface area (Å²) in [5.74, 6) is 0.660. The summed E-state index contributed by atoms with van der Waals surface area (Å²) in [4.78, 5) is 13.7. The first kappa shape index (κ1) is 15.3. The molecule has 0 saturated carbocycles. The maximum atomic E-state index is 12.0. The Morgan fingerprint density at radius 2 is 1.57 bits per heavy atom. The fraction of sp³-hybridized carbons (Fsp3) is 0.188. The quantitative estimate of drug-likeness (QED) is 0.789. The third kappa shape index (κ3) is 3.49. The van der Waals surface area contributed by atoms with E-state index < -0.39 is 5.97 Å². The predicted molar refractivity (Wildman–Crippen MR) is 81.5 cm³/mol. The summed E-state index contributed by atoms with van der Waals surface area (Å²) in [5.41, 5.74) is 0.448. The van der Waals surface area contributed by atoms with Gasteiger partial charge in [-0.1, -0.05) is 30.0 Å². The van der Waals surface area contributed by atoms with Crippen LogP contribution in [0.1, 0.15) is 10.4 Å². The molecule has 0 saturated heterocycles. The molecule has 0 aliphatic heterocycles. The maximum Gasteiger partial charge on any atom is 0.339 e. The van der Waals surface area contributed by atoms with Crippen molar-refractivity contribution < 1.29 is 19.0 Å². The minimum atomic E-state index is -0.408. The second-order valence-corrected chi connectivity index (χ2v) is 5.23. The zero-order valence-corrected chi connectivity index (χ0v) is 12.9. The molecule has 0 aromatic heterocycles. The number of rotatable bonds is 5. The van der Waals surface area contributed by atoms with E-state index in [2.05, 4.69) is 0 Å². The average Bonchev–Trinajstić information content (AvgIpc) is 2.54. The number of hydrogen-bond donors (Lipinski definition) is 0. The van der Waals surface area contributed by atoms with Crippen molar-refractivity contribution in [2.45, 2.75) is 9.79 Å². The number of hydrogen-bond acceptors (Lipinski definition) is 5. The van der Waals surface area contributed by atoms with Gasteiger partial charge in [-0.15, -0.1) is 0 Å². The first-order valence-electron chi connectivity index (χ1n) is 6.26. The van der Waals surface area contributed by atoms with Crippen molar-refractivity contribution in [1.29, 1.82) is 0 Å². The monoisotopic (exact) mass is 304 g/mol. The molecule has 0 aliphatic carbocycles. The molecule has 0 heterocycles. The Morgan fingerprint density at radius 1 is 0.952 bits per heavy atom. The van der Waals surface area contributed by atoms with Crippen molar-refractivity contribution >= 4 is 17.7 Å². The van der Waals surface area contributed by atoms with E-state index in [9.17, 15) is 4.79 Å². The van der Waals surface area contributed by atoms with E-state index in [1.54, 1.807) is 19.2 Å². The Balaban J connectivity index is 2.48. The fourth-order valence-corrected chi connectivity index (χ4v) is 2.80. The number of methoxy groups -OCH3 is 3. The number of carbonyl (C=O) groups excluding carboxylic acids is 1. The van der Waals surface area contributed by atoms with Crippen LogP contribution >= 0.6 is 11.8 Å². The van der Waals surface area contributed by atoms with Gasteiger partial charge < -0.3 is 14.2 Å². The van der Waals surface area contributed by atoms with Crippen LogP contribution in [0, 0.1) is 0 Å². The first-order chi connectivity index (χ1) is 10.2. The Bertz CT molecular complexity index is 626. The number of ether oxygens (including phenoxy) is 3. The Kier molecular flexibility index (Phi) is 5.11. The van der Waals surface area contributed by atoms with Gasteiger partial charge in [0.05, 0.1) is 26.9 Å². The molecule has 0 atom stereocenters. The van der Waals surface area contributed by atoms with Gasteiger partial charge in [0.2, 0.25) is 0 Å². The van der Waals surface area contributed by atoms with Gasteiger partial charge in [-0.25, -0.2) is 4.79 Å². The summed E-state index contributed by atoms with van der Waals surface area (Å²) in [5, 5.41) is 0. The van der Waals surface area contributed by atoms with Gasteiger partial charge >= 0.3 is 5.97 Å². The van der Waals surface area contributed by atoms with Crippen LogP contribution in [-0.4, -0.2) is 27.3 Å². The SMILES string of the molecule is COC(=O)c1cc(OC)c(OC)cc1Sc1ccccc1. The van der Waals surface area contributed by atoms with Crippen LogP contribution in [0.15, 0.2) is 52.3 Å². The summed E-state index contributed by atoms with van der Waals surface area (Å²) >= 11 is 1.47. The molecule has 4 nitrogen and oxygen atoms in total. The summed E-state index contributed by atoms with van der Waals surface area (Å²) in [6.45, 7) is 0. The lowest BCUT2D eigenvalue weighted by Gasteiger charge is -2.13. The third-order valence-corrected chi connectivity index (χ3v) is 3.93. The number of esters is 1. The fourth-order valence-electron chi connectivity index (χ4n) is 1.83. The molecule has 21 heavy (non-hydrogen) atoms. The predicted octanol–water partition coefficient (Wildman–Crippen LogP) is 3.64. The minimum absolute atomic E-state index is 0.408. The zero-order valence-electron chi connectivity index (χ0n) is 12.1. The van der Waals surface area contributed by atoms with Crippen LogP contribution < -0.4 is 9.47 Å². The maximum absolute atomic E-state index is 12.0. The minimum Gasteiger partial charge on any atom is -0.493 e. The van der Waals surface area contributed by atoms with E-state index in [1.165, 1.54) is 26.0 Å². The topological polar surface area (TPSA) is 44.8 Å². The molecule has 110 valence electrons. The molecule has 0 spiro atoms. The van der Waals surface area contributed by atoms with E-state index in [0.29, 0.717) is 17.1 Å². The highest BCUT2D eigenvalue weighted by Gasteiger charge is 2.18. The lowest BCUT2D eigenvalue weighted by atomic mass is 10.2. The van der Waals surface area contributed by atoms with Crippen LogP contribution in [0.2, 0.25) is 0 Å². The van der Waals surface area contributed by atoms with Gasteiger partial charge in [0.15, 0.2) is 11.5 Å². The first-order valence-corrected chi connectivity index (χ1v) is 7.08. The zero-order chi connectivity index (χ0) is 15.2. The van der Waals surface area contributed by atoms with Crippen LogP contribution in [0.5, 0.6) is 11.5 Å². The van der Waals surface area contributed by atoms with Crippen molar-refractivity contribution in [3.8, 4) is 11.5 Å². The number of carbonyl (C=O) groups is 1. The molecule has 0 fully saturated rings. The molecule has 5 heteroatoms. The van der Waals surface area contributed by atoms with Gasteiger partial charge in [0.25, 0.3) is 0 Å². The molecule has 2 aromatic carbocycles. The largest absolute Gasteiger partial charge is 0.493 e. The molecular weight excluding hydrogens is 288 g/mol. The van der Waals surface area contributed by atoms with E-state index >= 15 is 0 Å². The smallest absolute Gasteiger partial charge is 0.339 e. The van der Waals surface area contributed by atoms with E-state index in [1.807, 2.05) is 30.3 Å². The molecule has 0 aliphatic rings. The second-order valence-electron chi connectivity index (χ2n) is 4.11. The van der Waals surface area contributed by atoms with Crippen molar-refractivity contribution in [2.75, 3.05) is 21.3 Å². The van der Waals surface area contributed by atoms with Crippen LogP contribution in [0.25, 0.3) is 0 Å².